The molecule has 0 atom stereocenters. The van der Waals surface area contributed by atoms with Gasteiger partial charge in [-0.05, 0) is 35.4 Å². The van der Waals surface area contributed by atoms with E-state index < -0.39 is 11.7 Å². The molecule has 0 unspecified atom stereocenters. The first kappa shape index (κ1) is 16.9. The topological polar surface area (TPSA) is 35.2 Å². The number of alkyl halides is 3. The fourth-order valence-electron chi connectivity index (χ4n) is 2.50. The number of nitrogens with two attached hydrogens (primary N) is 1. The first-order chi connectivity index (χ1) is 11.9. The van der Waals surface area contributed by atoms with E-state index in [2.05, 4.69) is 0 Å². The van der Waals surface area contributed by atoms with E-state index in [1.54, 1.807) is 6.07 Å². The second-order valence-electron chi connectivity index (χ2n) is 5.62. The lowest BCUT2D eigenvalue weighted by atomic mass is 10.0. The van der Waals surface area contributed by atoms with Crippen LogP contribution in [-0.4, -0.2) is 0 Å². The SMILES string of the molecule is Nc1cc(C(F)(F)F)ccc1Oc1ccccc1Cc1ccccc1. The highest BCUT2D eigenvalue weighted by Crippen LogP contribution is 2.36. The zero-order valence-corrected chi connectivity index (χ0v) is 13.3. The fourth-order valence-corrected chi connectivity index (χ4v) is 2.50. The van der Waals surface area contributed by atoms with E-state index >= 15 is 0 Å². The molecule has 3 rings (SSSR count). The van der Waals surface area contributed by atoms with Gasteiger partial charge in [-0.3, -0.25) is 0 Å². The van der Waals surface area contributed by atoms with Crippen LogP contribution in [0.4, 0.5) is 18.9 Å². The van der Waals surface area contributed by atoms with Crippen molar-refractivity contribution in [1.82, 2.24) is 0 Å². The number of para-hydroxylation sites is 1. The molecule has 0 aliphatic rings. The minimum atomic E-state index is -4.43. The molecular formula is C20H16F3NO. The minimum Gasteiger partial charge on any atom is -0.455 e. The van der Waals surface area contributed by atoms with Crippen LogP contribution in [0.2, 0.25) is 0 Å². The van der Waals surface area contributed by atoms with Crippen molar-refractivity contribution < 1.29 is 17.9 Å². The van der Waals surface area contributed by atoms with Crippen LogP contribution in [0, 0.1) is 0 Å². The van der Waals surface area contributed by atoms with Crippen molar-refractivity contribution in [1.29, 1.82) is 0 Å². The second-order valence-corrected chi connectivity index (χ2v) is 5.62. The molecule has 0 bridgehead atoms. The third kappa shape index (κ3) is 4.12. The molecule has 0 spiro atoms. The van der Waals surface area contributed by atoms with Crippen molar-refractivity contribution in [2.24, 2.45) is 0 Å². The van der Waals surface area contributed by atoms with Gasteiger partial charge in [-0.2, -0.15) is 13.2 Å². The third-order valence-electron chi connectivity index (χ3n) is 3.77. The summed E-state index contributed by atoms with van der Waals surface area (Å²) in [7, 11) is 0. The Labute approximate surface area is 143 Å². The number of anilines is 1. The van der Waals surface area contributed by atoms with E-state index in [9.17, 15) is 13.2 Å². The summed E-state index contributed by atoms with van der Waals surface area (Å²) in [5, 5.41) is 0. The summed E-state index contributed by atoms with van der Waals surface area (Å²) in [6.45, 7) is 0. The molecule has 3 aromatic carbocycles. The number of nitrogen functional groups attached to an aromatic ring is 1. The van der Waals surface area contributed by atoms with Gasteiger partial charge in [0.15, 0.2) is 0 Å². The van der Waals surface area contributed by atoms with Gasteiger partial charge in [0, 0.05) is 6.42 Å². The molecule has 0 heterocycles. The van der Waals surface area contributed by atoms with Gasteiger partial charge in [-0.25, -0.2) is 0 Å². The van der Waals surface area contributed by atoms with Gasteiger partial charge < -0.3 is 10.5 Å². The maximum absolute atomic E-state index is 12.7. The number of hydrogen-bond acceptors (Lipinski definition) is 2. The Morgan fingerprint density at radius 3 is 2.16 bits per heavy atom. The Kier molecular flexibility index (Phi) is 4.65. The van der Waals surface area contributed by atoms with Crippen LogP contribution in [-0.2, 0) is 12.6 Å². The molecule has 0 aromatic heterocycles. The van der Waals surface area contributed by atoms with Crippen molar-refractivity contribution in [3.63, 3.8) is 0 Å². The zero-order chi connectivity index (χ0) is 17.9. The first-order valence-corrected chi connectivity index (χ1v) is 7.70. The summed E-state index contributed by atoms with van der Waals surface area (Å²) in [5.74, 6) is 0.770. The van der Waals surface area contributed by atoms with Crippen molar-refractivity contribution >= 4 is 5.69 Å². The van der Waals surface area contributed by atoms with Gasteiger partial charge in [-0.1, -0.05) is 48.5 Å². The Morgan fingerprint density at radius 1 is 0.800 bits per heavy atom. The lowest BCUT2D eigenvalue weighted by Crippen LogP contribution is -2.06. The van der Waals surface area contributed by atoms with Crippen molar-refractivity contribution in [2.75, 3.05) is 5.73 Å². The van der Waals surface area contributed by atoms with Crippen LogP contribution < -0.4 is 10.5 Å². The molecule has 3 aromatic rings. The minimum absolute atomic E-state index is 0.0515. The zero-order valence-electron chi connectivity index (χ0n) is 13.3. The summed E-state index contributed by atoms with van der Waals surface area (Å²) >= 11 is 0. The smallest absolute Gasteiger partial charge is 0.416 e. The molecule has 0 saturated carbocycles. The van der Waals surface area contributed by atoms with Gasteiger partial charge in [-0.15, -0.1) is 0 Å². The summed E-state index contributed by atoms with van der Waals surface area (Å²) in [6.07, 6.45) is -3.78. The van der Waals surface area contributed by atoms with Crippen LogP contribution >= 0.6 is 0 Å². The van der Waals surface area contributed by atoms with E-state index in [1.807, 2.05) is 48.5 Å². The molecule has 0 aliphatic heterocycles. The normalized spacial score (nSPS) is 11.3. The van der Waals surface area contributed by atoms with Crippen LogP contribution in [0.25, 0.3) is 0 Å². The number of hydrogen-bond donors (Lipinski definition) is 1. The molecular weight excluding hydrogens is 327 g/mol. The molecule has 25 heavy (non-hydrogen) atoms. The van der Waals surface area contributed by atoms with Crippen LogP contribution in [0.15, 0.2) is 72.8 Å². The summed E-state index contributed by atoms with van der Waals surface area (Å²) in [4.78, 5) is 0. The third-order valence-corrected chi connectivity index (χ3v) is 3.77. The predicted octanol–water partition coefficient (Wildman–Crippen LogP) is 5.67. The number of ether oxygens (including phenoxy) is 1. The lowest BCUT2D eigenvalue weighted by molar-refractivity contribution is -0.137. The van der Waals surface area contributed by atoms with Crippen LogP contribution in [0.5, 0.6) is 11.5 Å². The lowest BCUT2D eigenvalue weighted by Gasteiger charge is -2.14. The van der Waals surface area contributed by atoms with Gasteiger partial charge >= 0.3 is 6.18 Å². The Bertz CT molecular complexity index is 860. The largest absolute Gasteiger partial charge is 0.455 e. The van der Waals surface area contributed by atoms with Crippen LogP contribution in [0.3, 0.4) is 0 Å². The number of rotatable bonds is 4. The second kappa shape index (κ2) is 6.89. The van der Waals surface area contributed by atoms with E-state index in [0.29, 0.717) is 12.2 Å². The highest BCUT2D eigenvalue weighted by Gasteiger charge is 2.31. The molecule has 0 fully saturated rings. The summed E-state index contributed by atoms with van der Waals surface area (Å²) in [6, 6.07) is 20.3. The molecule has 0 radical (unpaired) electrons. The fraction of sp³-hybridized carbons (Fsp3) is 0.100. The molecule has 0 aliphatic carbocycles. The number of halogens is 3. The molecule has 2 N–H and O–H groups in total. The maximum atomic E-state index is 12.7. The Balaban J connectivity index is 1.86. The molecule has 0 amide bonds. The van der Waals surface area contributed by atoms with E-state index in [1.165, 1.54) is 6.07 Å². The van der Waals surface area contributed by atoms with Gasteiger partial charge in [0.05, 0.1) is 11.3 Å². The molecule has 128 valence electrons. The summed E-state index contributed by atoms with van der Waals surface area (Å²) < 4.78 is 44.0. The molecule has 2 nitrogen and oxygen atoms in total. The van der Waals surface area contributed by atoms with Gasteiger partial charge in [0.25, 0.3) is 0 Å². The van der Waals surface area contributed by atoms with E-state index in [4.69, 9.17) is 10.5 Å². The van der Waals surface area contributed by atoms with Crippen LogP contribution in [0.1, 0.15) is 16.7 Å². The highest BCUT2D eigenvalue weighted by molar-refractivity contribution is 5.57. The van der Waals surface area contributed by atoms with E-state index in [-0.39, 0.29) is 11.4 Å². The highest BCUT2D eigenvalue weighted by atomic mass is 19.4. The first-order valence-electron chi connectivity index (χ1n) is 7.70. The monoisotopic (exact) mass is 343 g/mol. The maximum Gasteiger partial charge on any atom is 0.416 e. The molecule has 0 saturated heterocycles. The summed E-state index contributed by atoms with van der Waals surface area (Å²) in [5.41, 5.74) is 6.93. The van der Waals surface area contributed by atoms with Gasteiger partial charge in [0.1, 0.15) is 11.5 Å². The quantitative estimate of drug-likeness (QED) is 0.619. The van der Waals surface area contributed by atoms with Crippen molar-refractivity contribution in [3.8, 4) is 11.5 Å². The standard InChI is InChI=1S/C20H16F3NO/c21-20(22,23)16-10-11-19(17(24)13-16)25-18-9-5-4-8-15(18)12-14-6-2-1-3-7-14/h1-11,13H,12,24H2. The number of benzene rings is 3. The Morgan fingerprint density at radius 2 is 1.48 bits per heavy atom. The average Bonchev–Trinajstić information content (AvgIpc) is 2.58. The van der Waals surface area contributed by atoms with E-state index in [0.717, 1.165) is 23.3 Å². The van der Waals surface area contributed by atoms with Crippen molar-refractivity contribution in [3.05, 3.63) is 89.5 Å². The predicted molar refractivity (Wildman–Crippen MR) is 91.6 cm³/mol. The Hall–Kier alpha value is -2.95. The van der Waals surface area contributed by atoms with Crippen molar-refractivity contribution in [2.45, 2.75) is 12.6 Å². The molecule has 5 heteroatoms. The van der Waals surface area contributed by atoms with Gasteiger partial charge in [0.2, 0.25) is 0 Å². The average molecular weight is 343 g/mol.